The quantitative estimate of drug-likeness (QED) is 0.144. The van der Waals surface area contributed by atoms with Crippen LogP contribution < -0.4 is 9.50 Å². The number of benzene rings is 2. The van der Waals surface area contributed by atoms with Crippen LogP contribution in [0.4, 0.5) is 8.78 Å². The molecule has 1 aliphatic rings. The van der Waals surface area contributed by atoms with Gasteiger partial charge < -0.3 is 19.7 Å². The van der Waals surface area contributed by atoms with Crippen LogP contribution in [-0.4, -0.2) is 63.3 Å². The van der Waals surface area contributed by atoms with E-state index in [9.17, 15) is 28.0 Å². The number of pyridine rings is 1. The summed E-state index contributed by atoms with van der Waals surface area (Å²) in [5, 5.41) is 33.0. The van der Waals surface area contributed by atoms with E-state index in [0.717, 1.165) is 35.9 Å². The molecule has 0 saturated heterocycles. The standard InChI is InChI=1S/C38H39ClF2N6O5S/c1-21-27(13-15-48)34(23-6-7-23)44-47(21)20-32(49)43-31(18-22-16-24(40)19-25(41)17-22)35-28(9-8-26(42-35)12-14-38(2,3)50)29-10-11-30(39)33-36(29)46(4)45-37(33)52-53(5)51/h8-11,16-17,19,23,31,48,50H,6-7,13,15,18,20H2,1-5H3,(H,43,49)/t31-,53?/m0/s1. The van der Waals surface area contributed by atoms with E-state index in [2.05, 4.69) is 22.3 Å². The summed E-state index contributed by atoms with van der Waals surface area (Å²) in [6.45, 7) is 4.71. The Labute approximate surface area is 313 Å². The summed E-state index contributed by atoms with van der Waals surface area (Å²) < 4.78 is 49.8. The highest BCUT2D eigenvalue weighted by Crippen LogP contribution is 2.42. The Morgan fingerprint density at radius 2 is 1.85 bits per heavy atom. The lowest BCUT2D eigenvalue weighted by Gasteiger charge is -2.23. The summed E-state index contributed by atoms with van der Waals surface area (Å²) in [6.07, 6.45) is 3.69. The third-order valence-corrected chi connectivity index (χ3v) is 9.53. The number of aryl methyl sites for hydroxylation is 1. The van der Waals surface area contributed by atoms with Crippen molar-refractivity contribution in [2.75, 3.05) is 12.9 Å². The maximum atomic E-state index is 14.5. The van der Waals surface area contributed by atoms with E-state index in [0.29, 0.717) is 45.1 Å². The minimum absolute atomic E-state index is 0.0512. The number of aromatic nitrogens is 5. The average molecular weight is 765 g/mol. The van der Waals surface area contributed by atoms with Crippen molar-refractivity contribution >= 4 is 39.5 Å². The van der Waals surface area contributed by atoms with Gasteiger partial charge in [0, 0.05) is 48.7 Å². The minimum atomic E-state index is -1.71. The molecule has 1 unspecified atom stereocenters. The van der Waals surface area contributed by atoms with Crippen molar-refractivity contribution in [3.63, 3.8) is 0 Å². The van der Waals surface area contributed by atoms with Crippen LogP contribution in [0, 0.1) is 30.4 Å². The van der Waals surface area contributed by atoms with Crippen LogP contribution in [-0.2, 0) is 42.3 Å². The van der Waals surface area contributed by atoms with Crippen molar-refractivity contribution in [3.8, 4) is 28.8 Å². The Hall–Kier alpha value is -4.68. The summed E-state index contributed by atoms with van der Waals surface area (Å²) in [4.78, 5) is 18.9. The smallest absolute Gasteiger partial charge is 0.258 e. The maximum Gasteiger partial charge on any atom is 0.258 e. The molecule has 0 spiro atoms. The lowest BCUT2D eigenvalue weighted by molar-refractivity contribution is -0.122. The van der Waals surface area contributed by atoms with E-state index < -0.39 is 40.3 Å². The molecule has 3 heterocycles. The number of aliphatic hydroxyl groups excluding tert-OH is 1. The second kappa shape index (κ2) is 15.4. The van der Waals surface area contributed by atoms with Gasteiger partial charge in [-0.25, -0.2) is 18.0 Å². The molecule has 0 aliphatic heterocycles. The molecule has 6 rings (SSSR count). The highest BCUT2D eigenvalue weighted by atomic mass is 35.5. The second-order valence-corrected chi connectivity index (χ2v) is 15.0. The number of aliphatic hydroxyl groups is 2. The average Bonchev–Trinajstić information content (AvgIpc) is 3.80. The van der Waals surface area contributed by atoms with Crippen LogP contribution in [0.1, 0.15) is 72.6 Å². The Balaban J connectivity index is 1.51. The zero-order valence-corrected chi connectivity index (χ0v) is 31.4. The number of halogens is 3. The minimum Gasteiger partial charge on any atom is -0.396 e. The summed E-state index contributed by atoms with van der Waals surface area (Å²) in [5.74, 6) is 3.98. The predicted molar refractivity (Wildman–Crippen MR) is 197 cm³/mol. The number of carbonyl (C=O) groups is 1. The number of hydrogen-bond donors (Lipinski definition) is 3. The molecular weight excluding hydrogens is 726 g/mol. The molecule has 0 radical (unpaired) electrons. The first kappa shape index (κ1) is 38.1. The van der Waals surface area contributed by atoms with E-state index in [4.69, 9.17) is 25.9 Å². The number of fused-ring (bicyclic) bond motifs is 1. The molecule has 11 nitrogen and oxygen atoms in total. The van der Waals surface area contributed by atoms with Crippen LogP contribution >= 0.6 is 11.6 Å². The molecule has 15 heteroatoms. The topological polar surface area (TPSA) is 144 Å². The SMILES string of the molecule is Cc1c(CCO)c(C2CC2)nn1CC(=O)N[C@@H](Cc1cc(F)cc(F)c1)c1nc(C#CC(C)(C)O)ccc1-c1ccc(Cl)c2c(OS(C)=O)nn(C)c12. The van der Waals surface area contributed by atoms with E-state index in [-0.39, 0.29) is 36.7 Å². The van der Waals surface area contributed by atoms with E-state index in [1.54, 1.807) is 36.0 Å². The van der Waals surface area contributed by atoms with Crippen LogP contribution in [0.2, 0.25) is 5.02 Å². The first-order valence-electron chi connectivity index (χ1n) is 17.0. The van der Waals surface area contributed by atoms with Gasteiger partial charge in [0.2, 0.25) is 17.0 Å². The highest BCUT2D eigenvalue weighted by Gasteiger charge is 2.31. The fraction of sp³-hybridized carbons (Fsp3) is 0.368. The van der Waals surface area contributed by atoms with Gasteiger partial charge in [-0.1, -0.05) is 23.6 Å². The summed E-state index contributed by atoms with van der Waals surface area (Å²) in [6, 6.07) is 8.96. The molecule has 1 aliphatic carbocycles. The zero-order chi connectivity index (χ0) is 38.2. The Kier molecular flexibility index (Phi) is 11.0. The maximum absolute atomic E-state index is 14.5. The molecule has 278 valence electrons. The van der Waals surface area contributed by atoms with Crippen molar-refractivity contribution in [2.24, 2.45) is 7.05 Å². The van der Waals surface area contributed by atoms with Crippen molar-refractivity contribution in [2.45, 2.75) is 70.6 Å². The number of nitrogens with zero attached hydrogens (tertiary/aromatic N) is 5. The normalized spacial score (nSPS) is 14.2. The lowest BCUT2D eigenvalue weighted by Crippen LogP contribution is -2.34. The number of rotatable bonds is 12. The molecule has 1 fully saturated rings. The summed E-state index contributed by atoms with van der Waals surface area (Å²) >= 11 is 4.93. The monoisotopic (exact) mass is 764 g/mol. The number of carbonyl (C=O) groups excluding carboxylic acids is 1. The molecule has 2 atom stereocenters. The molecule has 2 aromatic carbocycles. The van der Waals surface area contributed by atoms with Gasteiger partial charge in [-0.15, -0.1) is 5.10 Å². The van der Waals surface area contributed by atoms with Gasteiger partial charge in [0.1, 0.15) is 29.5 Å². The third-order valence-electron chi connectivity index (χ3n) is 8.82. The summed E-state index contributed by atoms with van der Waals surface area (Å²) in [7, 11) is 1.67. The lowest BCUT2D eigenvalue weighted by atomic mass is 9.93. The molecule has 1 saturated carbocycles. The van der Waals surface area contributed by atoms with Crippen LogP contribution in [0.5, 0.6) is 5.88 Å². The molecule has 53 heavy (non-hydrogen) atoms. The largest absolute Gasteiger partial charge is 0.396 e. The molecular formula is C38H39ClF2N6O5S. The number of hydrogen-bond acceptors (Lipinski definition) is 8. The van der Waals surface area contributed by atoms with Crippen molar-refractivity contribution in [1.29, 1.82) is 0 Å². The summed E-state index contributed by atoms with van der Waals surface area (Å²) in [5.41, 5.74) is 3.65. The van der Waals surface area contributed by atoms with Crippen LogP contribution in [0.25, 0.3) is 22.0 Å². The Bertz CT molecular complexity index is 2280. The van der Waals surface area contributed by atoms with Crippen molar-refractivity contribution in [1.82, 2.24) is 29.9 Å². The van der Waals surface area contributed by atoms with Crippen LogP contribution in [0.3, 0.4) is 0 Å². The molecule has 3 N–H and O–H groups in total. The number of amides is 1. The Morgan fingerprint density at radius 1 is 1.15 bits per heavy atom. The van der Waals surface area contributed by atoms with Gasteiger partial charge in [-0.05, 0) is 93.8 Å². The van der Waals surface area contributed by atoms with E-state index in [1.807, 2.05) is 6.92 Å². The van der Waals surface area contributed by atoms with Crippen molar-refractivity contribution < 1.29 is 32.2 Å². The van der Waals surface area contributed by atoms with Crippen molar-refractivity contribution in [3.05, 3.63) is 93.0 Å². The second-order valence-electron chi connectivity index (χ2n) is 13.6. The predicted octanol–water partition coefficient (Wildman–Crippen LogP) is 5.38. The van der Waals surface area contributed by atoms with Gasteiger partial charge in [0.15, 0.2) is 0 Å². The fourth-order valence-electron chi connectivity index (χ4n) is 6.41. The van der Waals surface area contributed by atoms with Crippen LogP contribution in [0.15, 0.2) is 42.5 Å². The molecule has 1 amide bonds. The molecule has 0 bridgehead atoms. The van der Waals surface area contributed by atoms with E-state index in [1.165, 1.54) is 36.9 Å². The first-order chi connectivity index (χ1) is 25.1. The van der Waals surface area contributed by atoms with Gasteiger partial charge in [-0.3, -0.25) is 14.2 Å². The molecule has 5 aromatic rings. The van der Waals surface area contributed by atoms with Gasteiger partial charge in [0.05, 0.1) is 33.4 Å². The fourth-order valence-corrected chi connectivity index (χ4v) is 6.98. The van der Waals surface area contributed by atoms with Gasteiger partial charge >= 0.3 is 0 Å². The third kappa shape index (κ3) is 8.76. The first-order valence-corrected chi connectivity index (χ1v) is 18.8. The van der Waals surface area contributed by atoms with E-state index >= 15 is 0 Å². The zero-order valence-electron chi connectivity index (χ0n) is 29.8. The molecule has 3 aromatic heterocycles. The number of nitrogens with one attached hydrogen (secondary N) is 1. The van der Waals surface area contributed by atoms with Gasteiger partial charge in [0.25, 0.3) is 5.88 Å². The van der Waals surface area contributed by atoms with Gasteiger partial charge in [-0.2, -0.15) is 5.10 Å². The highest BCUT2D eigenvalue weighted by molar-refractivity contribution is 7.79. The Morgan fingerprint density at radius 3 is 2.49 bits per heavy atom.